The third kappa shape index (κ3) is 16.9. The van der Waals surface area contributed by atoms with Crippen molar-refractivity contribution in [1.29, 1.82) is 0 Å². The van der Waals surface area contributed by atoms with Crippen molar-refractivity contribution in [2.45, 2.75) is 214 Å². The highest BCUT2D eigenvalue weighted by Crippen LogP contribution is 2.33. The average molecular weight is 896 g/mol. The molecule has 0 spiro atoms. The van der Waals surface area contributed by atoms with E-state index >= 15 is 0 Å². The van der Waals surface area contributed by atoms with Gasteiger partial charge in [-0.2, -0.15) is 0 Å². The minimum Gasteiger partial charge on any atom is -0.394 e. The van der Waals surface area contributed by atoms with Gasteiger partial charge in [-0.3, -0.25) is 4.79 Å². The fourth-order valence-corrected chi connectivity index (χ4v) is 7.60. The number of nitrogens with one attached hydrogen (secondary N) is 1. The lowest BCUT2D eigenvalue weighted by Gasteiger charge is -2.48. The van der Waals surface area contributed by atoms with E-state index in [2.05, 4.69) is 31.3 Å². The Labute approximate surface area is 365 Å². The number of allylic oxidation sites excluding steroid dienone is 3. The second kappa shape index (κ2) is 29.7. The van der Waals surface area contributed by atoms with E-state index in [-0.39, 0.29) is 18.9 Å². The Hall–Kier alpha value is -1.73. The molecule has 362 valence electrons. The van der Waals surface area contributed by atoms with Crippen LogP contribution in [0.25, 0.3) is 0 Å². The first kappa shape index (κ1) is 54.6. The van der Waals surface area contributed by atoms with Crippen LogP contribution in [0.4, 0.5) is 0 Å². The van der Waals surface area contributed by atoms with Crippen molar-refractivity contribution in [3.8, 4) is 0 Å². The Morgan fingerprint density at radius 1 is 0.565 bits per heavy atom. The van der Waals surface area contributed by atoms with Gasteiger partial charge in [0.25, 0.3) is 0 Å². The summed E-state index contributed by atoms with van der Waals surface area (Å²) < 4.78 is 33.9. The number of carbonyl (C=O) groups excluding carboxylic acids is 1. The average Bonchev–Trinajstić information content (AvgIpc) is 3.26. The number of amides is 1. The van der Waals surface area contributed by atoms with E-state index in [1.54, 1.807) is 6.08 Å². The summed E-state index contributed by atoms with van der Waals surface area (Å²) in [6, 6.07) is -0.968. The molecule has 0 aromatic rings. The molecule has 3 aliphatic heterocycles. The number of ether oxygens (including phenoxy) is 6. The van der Waals surface area contributed by atoms with E-state index in [1.165, 1.54) is 0 Å². The summed E-state index contributed by atoms with van der Waals surface area (Å²) in [7, 11) is 0. The molecule has 17 atom stereocenters. The largest absolute Gasteiger partial charge is 0.394 e. The first-order chi connectivity index (χ1) is 29.8. The van der Waals surface area contributed by atoms with Crippen molar-refractivity contribution in [2.24, 2.45) is 0 Å². The second-order valence-electron chi connectivity index (χ2n) is 16.5. The summed E-state index contributed by atoms with van der Waals surface area (Å²) in [5.41, 5.74) is 0. The van der Waals surface area contributed by atoms with Crippen LogP contribution in [0.15, 0.2) is 24.3 Å². The van der Waals surface area contributed by atoms with Crippen LogP contribution < -0.4 is 5.32 Å². The predicted molar refractivity (Wildman–Crippen MR) is 222 cm³/mol. The van der Waals surface area contributed by atoms with Crippen LogP contribution in [-0.2, 0) is 33.2 Å². The van der Waals surface area contributed by atoms with Gasteiger partial charge in [0.05, 0.1) is 38.6 Å². The van der Waals surface area contributed by atoms with Gasteiger partial charge in [-0.05, 0) is 38.5 Å². The van der Waals surface area contributed by atoms with Gasteiger partial charge < -0.3 is 89.9 Å². The lowest BCUT2D eigenvalue weighted by molar-refractivity contribution is -0.379. The second-order valence-corrected chi connectivity index (χ2v) is 16.5. The molecule has 17 unspecified atom stereocenters. The number of unbranched alkanes of at least 4 members (excludes halogenated alkanes) is 11. The normalized spacial score (nSPS) is 35.4. The maximum absolute atomic E-state index is 13.0. The van der Waals surface area contributed by atoms with Gasteiger partial charge >= 0.3 is 0 Å². The van der Waals surface area contributed by atoms with Gasteiger partial charge in [0.1, 0.15) is 73.2 Å². The highest BCUT2D eigenvalue weighted by atomic mass is 16.8. The Bertz CT molecular complexity index is 1260. The zero-order chi connectivity index (χ0) is 45.6. The van der Waals surface area contributed by atoms with E-state index in [0.717, 1.165) is 83.5 Å². The highest BCUT2D eigenvalue weighted by molar-refractivity contribution is 5.76. The standard InChI is InChI=1S/C43H77NO18/c1-3-5-7-9-11-12-13-15-17-19-21-31(49)44-26(27(48)20-18-16-14-10-8-6-4-2)25-57-41-37(55)34(52)39(29(23-46)59-41)62-43-38(56)35(53)40(30(24-47)60-43)61-42-36(54)33(51)32(50)28(22-45)58-42/h7,9,18,20,26-30,32-43,45-48,50-56H,3-6,8,10-17,19,21-25H2,1-2H3,(H,44,49)/b9-7-,20-18+. The van der Waals surface area contributed by atoms with E-state index in [0.29, 0.717) is 6.42 Å². The number of rotatable bonds is 29. The van der Waals surface area contributed by atoms with Gasteiger partial charge in [0.15, 0.2) is 18.9 Å². The summed E-state index contributed by atoms with van der Waals surface area (Å²) in [6.45, 7) is 1.51. The topological polar surface area (TPSA) is 307 Å². The molecule has 19 nitrogen and oxygen atoms in total. The van der Waals surface area contributed by atoms with Crippen LogP contribution in [0.5, 0.6) is 0 Å². The SMILES string of the molecule is CCC/C=C\CCCCCCCC(=O)NC(COC1OC(CO)C(OC2OC(CO)C(OC3OC(CO)C(O)C(O)C3O)C(O)C2O)C(O)C1O)C(O)/C=C/CCCCCCC. The molecule has 0 aliphatic carbocycles. The molecule has 0 aromatic carbocycles. The molecular weight excluding hydrogens is 818 g/mol. The fourth-order valence-electron chi connectivity index (χ4n) is 7.60. The Balaban J connectivity index is 1.60. The van der Waals surface area contributed by atoms with Gasteiger partial charge in [0, 0.05) is 6.42 Å². The lowest BCUT2D eigenvalue weighted by atomic mass is 9.96. The number of aliphatic hydroxyl groups is 11. The van der Waals surface area contributed by atoms with Gasteiger partial charge in [0.2, 0.25) is 5.91 Å². The fraction of sp³-hybridized carbons (Fsp3) is 0.884. The Morgan fingerprint density at radius 3 is 1.63 bits per heavy atom. The number of hydrogen-bond donors (Lipinski definition) is 12. The maximum atomic E-state index is 13.0. The number of aliphatic hydroxyl groups excluding tert-OH is 11. The predicted octanol–water partition coefficient (Wildman–Crippen LogP) is -0.699. The third-order valence-electron chi connectivity index (χ3n) is 11.5. The highest BCUT2D eigenvalue weighted by Gasteiger charge is 2.53. The molecule has 3 aliphatic rings. The molecule has 0 bridgehead atoms. The Morgan fingerprint density at radius 2 is 1.05 bits per heavy atom. The zero-order valence-corrected chi connectivity index (χ0v) is 36.3. The molecule has 0 aromatic heterocycles. The molecule has 3 saturated heterocycles. The van der Waals surface area contributed by atoms with Crippen molar-refractivity contribution < 1.29 is 89.4 Å². The van der Waals surface area contributed by atoms with Crippen molar-refractivity contribution >= 4 is 5.91 Å². The van der Waals surface area contributed by atoms with Crippen molar-refractivity contribution in [2.75, 3.05) is 26.4 Å². The molecule has 62 heavy (non-hydrogen) atoms. The number of carbonyl (C=O) groups is 1. The zero-order valence-electron chi connectivity index (χ0n) is 36.3. The van der Waals surface area contributed by atoms with Crippen LogP contribution >= 0.6 is 0 Å². The smallest absolute Gasteiger partial charge is 0.220 e. The molecule has 3 fully saturated rings. The quantitative estimate of drug-likeness (QED) is 0.0326. The first-order valence-corrected chi connectivity index (χ1v) is 22.6. The Kier molecular flexibility index (Phi) is 26.2. The van der Waals surface area contributed by atoms with Crippen LogP contribution in [0.3, 0.4) is 0 Å². The summed E-state index contributed by atoms with van der Waals surface area (Å²) >= 11 is 0. The number of hydrogen-bond acceptors (Lipinski definition) is 18. The minimum atomic E-state index is -1.97. The minimum absolute atomic E-state index is 0.231. The van der Waals surface area contributed by atoms with E-state index in [1.807, 2.05) is 6.08 Å². The van der Waals surface area contributed by atoms with Crippen LogP contribution in [0.2, 0.25) is 0 Å². The third-order valence-corrected chi connectivity index (χ3v) is 11.5. The van der Waals surface area contributed by atoms with Gasteiger partial charge in [-0.15, -0.1) is 0 Å². The first-order valence-electron chi connectivity index (χ1n) is 22.6. The van der Waals surface area contributed by atoms with Crippen molar-refractivity contribution in [3.63, 3.8) is 0 Å². The maximum Gasteiger partial charge on any atom is 0.220 e. The molecule has 19 heteroatoms. The summed E-state index contributed by atoms with van der Waals surface area (Å²) in [5.74, 6) is -0.296. The van der Waals surface area contributed by atoms with Gasteiger partial charge in [-0.25, -0.2) is 0 Å². The van der Waals surface area contributed by atoms with E-state index in [9.17, 15) is 61.0 Å². The molecule has 0 saturated carbocycles. The van der Waals surface area contributed by atoms with Crippen LogP contribution in [0, 0.1) is 0 Å². The van der Waals surface area contributed by atoms with Crippen LogP contribution in [-0.4, -0.2) is 193 Å². The molecule has 12 N–H and O–H groups in total. The molecule has 0 radical (unpaired) electrons. The molecule has 1 amide bonds. The van der Waals surface area contributed by atoms with Crippen molar-refractivity contribution in [1.82, 2.24) is 5.32 Å². The molecule has 3 heterocycles. The molecular formula is C43H77NO18. The van der Waals surface area contributed by atoms with Crippen molar-refractivity contribution in [3.05, 3.63) is 24.3 Å². The van der Waals surface area contributed by atoms with Gasteiger partial charge in [-0.1, -0.05) is 89.5 Å². The van der Waals surface area contributed by atoms with E-state index in [4.69, 9.17) is 28.4 Å². The van der Waals surface area contributed by atoms with E-state index < -0.39 is 124 Å². The lowest BCUT2D eigenvalue weighted by Crippen LogP contribution is -2.66. The monoisotopic (exact) mass is 896 g/mol. The summed E-state index contributed by atoms with van der Waals surface area (Å²) in [5, 5.41) is 119. The summed E-state index contributed by atoms with van der Waals surface area (Å²) in [6.07, 6.45) is -4.65. The summed E-state index contributed by atoms with van der Waals surface area (Å²) in [4.78, 5) is 13.0. The molecule has 3 rings (SSSR count). The van der Waals surface area contributed by atoms with Crippen LogP contribution in [0.1, 0.15) is 110 Å².